The van der Waals surface area contributed by atoms with Gasteiger partial charge in [0, 0.05) is 13.0 Å². The van der Waals surface area contributed by atoms with Gasteiger partial charge < -0.3 is 16.8 Å². The van der Waals surface area contributed by atoms with Crippen molar-refractivity contribution in [2.45, 2.75) is 19.3 Å². The molecule has 12 heavy (non-hydrogen) atoms. The second kappa shape index (κ2) is 6.45. The zero-order valence-corrected chi connectivity index (χ0v) is 6.97. The highest BCUT2D eigenvalue weighted by Crippen LogP contribution is 1.96. The monoisotopic (exact) mass is 171 g/mol. The van der Waals surface area contributed by atoms with Crippen LogP contribution in [0.5, 0.6) is 0 Å². The van der Waals surface area contributed by atoms with Crippen LogP contribution in [-0.2, 0) is 4.79 Å². The highest BCUT2D eigenvalue weighted by molar-refractivity contribution is 5.82. The van der Waals surface area contributed by atoms with Crippen LogP contribution in [-0.4, -0.2) is 18.4 Å². The largest absolute Gasteiger partial charge is 0.370 e. The number of nitrogens with one attached hydrogen (secondary N) is 2. The number of hydrogen-bond acceptors (Lipinski definition) is 2. The lowest BCUT2D eigenvalue weighted by Gasteiger charge is -2.01. The summed E-state index contributed by atoms with van der Waals surface area (Å²) in [4.78, 5) is 10.2. The Balaban J connectivity index is 3.01. The second-order valence-corrected chi connectivity index (χ2v) is 2.44. The Kier molecular flexibility index (Phi) is 5.77. The molecule has 0 bridgehead atoms. The van der Waals surface area contributed by atoms with E-state index >= 15 is 0 Å². The molecule has 0 heterocycles. The van der Waals surface area contributed by atoms with E-state index in [0.29, 0.717) is 13.0 Å². The predicted octanol–water partition coefficient (Wildman–Crippen LogP) is -0.671. The Labute approximate surface area is 72.0 Å². The molecule has 0 saturated heterocycles. The Morgan fingerprint density at radius 1 is 1.42 bits per heavy atom. The van der Waals surface area contributed by atoms with E-state index in [-0.39, 0.29) is 11.9 Å². The van der Waals surface area contributed by atoms with Crippen molar-refractivity contribution in [3.8, 4) is 0 Å². The first-order valence-corrected chi connectivity index (χ1v) is 3.83. The number of rotatable bonds is 6. The third kappa shape index (κ3) is 8.74. The number of unbranched alkanes of at least 4 members (excludes halogenated alkanes) is 2. The second-order valence-electron chi connectivity index (χ2n) is 2.44. The molecule has 0 atom stereocenters. The summed E-state index contributed by atoms with van der Waals surface area (Å²) in [6.07, 6.45) is 3.90. The molecular formula is C7H15N4O. The summed E-state index contributed by atoms with van der Waals surface area (Å²) in [7, 11) is 0. The van der Waals surface area contributed by atoms with Gasteiger partial charge in [0.15, 0.2) is 5.96 Å². The van der Waals surface area contributed by atoms with Gasteiger partial charge in [0.1, 0.15) is 0 Å². The van der Waals surface area contributed by atoms with Gasteiger partial charge in [-0.2, -0.15) is 0 Å². The molecule has 1 amide bonds. The van der Waals surface area contributed by atoms with Crippen molar-refractivity contribution in [2.24, 2.45) is 11.5 Å². The van der Waals surface area contributed by atoms with Gasteiger partial charge in [-0.1, -0.05) is 6.42 Å². The molecule has 0 rings (SSSR count). The fraction of sp³-hybridized carbons (Fsp3) is 0.571. The van der Waals surface area contributed by atoms with Gasteiger partial charge in [-0.05, 0) is 12.8 Å². The molecule has 69 valence electrons. The number of nitrogens with two attached hydrogens (primary N) is 2. The number of carbonyl (C=O) groups excluding carboxylic acids is 1. The standard InChI is InChI=1S/C7H15N4O/c8-6(12)4-2-1-3-5-11-7(9)10/h4H,1-3,5H2,(H2,8,12)(H4,9,10,11). The summed E-state index contributed by atoms with van der Waals surface area (Å²) in [6, 6.07) is 0. The van der Waals surface area contributed by atoms with Crippen LogP contribution in [0, 0.1) is 11.8 Å². The molecule has 1 radical (unpaired) electrons. The SMILES string of the molecule is N=C(N)NCCCC[CH]C(N)=O. The van der Waals surface area contributed by atoms with Crippen molar-refractivity contribution in [3.63, 3.8) is 0 Å². The maximum Gasteiger partial charge on any atom is 0.221 e. The number of primary amides is 1. The van der Waals surface area contributed by atoms with Crippen LogP contribution in [0.25, 0.3) is 0 Å². The van der Waals surface area contributed by atoms with Gasteiger partial charge in [-0.25, -0.2) is 0 Å². The van der Waals surface area contributed by atoms with Crippen LogP contribution < -0.4 is 16.8 Å². The molecule has 0 aromatic heterocycles. The Hall–Kier alpha value is -1.26. The number of amides is 1. The normalized spacial score (nSPS) is 9.33. The first-order valence-electron chi connectivity index (χ1n) is 3.83. The number of hydrogen-bond donors (Lipinski definition) is 4. The molecule has 5 nitrogen and oxygen atoms in total. The summed E-state index contributed by atoms with van der Waals surface area (Å²) in [6.45, 7) is 0.669. The van der Waals surface area contributed by atoms with Crippen LogP contribution in [0.3, 0.4) is 0 Å². The number of carbonyl (C=O) groups is 1. The molecule has 0 spiro atoms. The van der Waals surface area contributed by atoms with Crippen molar-refractivity contribution in [1.29, 1.82) is 5.41 Å². The van der Waals surface area contributed by atoms with Gasteiger partial charge in [0.25, 0.3) is 0 Å². The van der Waals surface area contributed by atoms with E-state index in [2.05, 4.69) is 5.32 Å². The molecule has 0 aliphatic carbocycles. The molecular weight excluding hydrogens is 156 g/mol. The molecule has 0 fully saturated rings. The molecule has 0 aliphatic heterocycles. The van der Waals surface area contributed by atoms with Gasteiger partial charge in [0.05, 0.1) is 0 Å². The summed E-state index contributed by atoms with van der Waals surface area (Å²) in [5, 5.41) is 9.49. The van der Waals surface area contributed by atoms with Crippen molar-refractivity contribution in [3.05, 3.63) is 6.42 Å². The summed E-state index contributed by atoms with van der Waals surface area (Å²) >= 11 is 0. The summed E-state index contributed by atoms with van der Waals surface area (Å²) in [5.41, 5.74) is 9.94. The molecule has 0 saturated carbocycles. The third-order valence-corrected chi connectivity index (χ3v) is 1.29. The van der Waals surface area contributed by atoms with Gasteiger partial charge >= 0.3 is 0 Å². The summed E-state index contributed by atoms with van der Waals surface area (Å²) < 4.78 is 0. The minimum Gasteiger partial charge on any atom is -0.370 e. The minimum absolute atomic E-state index is 0.0196. The first-order chi connectivity index (χ1) is 5.63. The average Bonchev–Trinajstić information content (AvgIpc) is 1.95. The Morgan fingerprint density at radius 2 is 2.08 bits per heavy atom. The quantitative estimate of drug-likeness (QED) is 0.242. The smallest absolute Gasteiger partial charge is 0.221 e. The minimum atomic E-state index is -0.380. The van der Waals surface area contributed by atoms with E-state index in [9.17, 15) is 4.79 Å². The Bertz CT molecular complexity index is 139. The first kappa shape index (κ1) is 10.7. The van der Waals surface area contributed by atoms with Crippen LogP contribution in [0.1, 0.15) is 19.3 Å². The van der Waals surface area contributed by atoms with Crippen molar-refractivity contribution >= 4 is 11.9 Å². The van der Waals surface area contributed by atoms with E-state index < -0.39 is 0 Å². The van der Waals surface area contributed by atoms with E-state index in [4.69, 9.17) is 16.9 Å². The van der Waals surface area contributed by atoms with Crippen molar-refractivity contribution in [2.75, 3.05) is 6.54 Å². The van der Waals surface area contributed by atoms with Crippen LogP contribution in [0.4, 0.5) is 0 Å². The average molecular weight is 171 g/mol. The highest BCUT2D eigenvalue weighted by Gasteiger charge is 1.94. The fourth-order valence-corrected chi connectivity index (χ4v) is 0.737. The van der Waals surface area contributed by atoms with E-state index in [1.807, 2.05) is 0 Å². The molecule has 0 aromatic rings. The molecule has 5 heteroatoms. The maximum atomic E-state index is 10.2. The fourth-order valence-electron chi connectivity index (χ4n) is 0.737. The third-order valence-electron chi connectivity index (χ3n) is 1.29. The molecule has 0 aliphatic rings. The van der Waals surface area contributed by atoms with Gasteiger partial charge in [-0.3, -0.25) is 10.2 Å². The van der Waals surface area contributed by atoms with Crippen molar-refractivity contribution < 1.29 is 4.79 Å². The van der Waals surface area contributed by atoms with Gasteiger partial charge in [-0.15, -0.1) is 0 Å². The molecule has 6 N–H and O–H groups in total. The molecule has 0 aromatic carbocycles. The zero-order chi connectivity index (χ0) is 9.40. The zero-order valence-electron chi connectivity index (χ0n) is 6.97. The van der Waals surface area contributed by atoms with Crippen LogP contribution >= 0.6 is 0 Å². The van der Waals surface area contributed by atoms with E-state index in [1.165, 1.54) is 6.42 Å². The predicted molar refractivity (Wildman–Crippen MR) is 47.3 cm³/mol. The summed E-state index contributed by atoms with van der Waals surface area (Å²) in [5.74, 6) is -0.400. The topological polar surface area (TPSA) is 105 Å². The lowest BCUT2D eigenvalue weighted by Crippen LogP contribution is -2.30. The van der Waals surface area contributed by atoms with Crippen LogP contribution in [0.2, 0.25) is 0 Å². The Morgan fingerprint density at radius 3 is 2.58 bits per heavy atom. The molecule has 0 unspecified atom stereocenters. The van der Waals surface area contributed by atoms with E-state index in [0.717, 1.165) is 12.8 Å². The lowest BCUT2D eigenvalue weighted by atomic mass is 10.2. The lowest BCUT2D eigenvalue weighted by molar-refractivity contribution is -0.115. The van der Waals surface area contributed by atoms with E-state index in [1.54, 1.807) is 0 Å². The van der Waals surface area contributed by atoms with Crippen molar-refractivity contribution in [1.82, 2.24) is 5.32 Å². The highest BCUT2D eigenvalue weighted by atomic mass is 16.1. The van der Waals surface area contributed by atoms with Gasteiger partial charge in [0.2, 0.25) is 5.91 Å². The van der Waals surface area contributed by atoms with Crippen LogP contribution in [0.15, 0.2) is 0 Å². The number of guanidine groups is 1. The maximum absolute atomic E-state index is 10.2.